The Kier molecular flexibility index (Phi) is 6.33. The van der Waals surface area contributed by atoms with Crippen LogP contribution >= 0.6 is 15.9 Å². The standard InChI is InChI=1S/C19H24BrN5O3/c1-19(2,3)28-18(26)25-9-7-24(8-10-25)16-5-4-6-17(23-16)27-13-15-21-11-14(20)12-22-15/h4-6,11-12H,7-10,13H2,1-3H3. The van der Waals surface area contributed by atoms with Crippen molar-refractivity contribution in [1.29, 1.82) is 0 Å². The van der Waals surface area contributed by atoms with E-state index in [9.17, 15) is 4.79 Å². The molecule has 0 aromatic carbocycles. The highest BCUT2D eigenvalue weighted by molar-refractivity contribution is 9.10. The van der Waals surface area contributed by atoms with E-state index >= 15 is 0 Å². The maximum Gasteiger partial charge on any atom is 0.410 e. The minimum atomic E-state index is -0.486. The lowest BCUT2D eigenvalue weighted by atomic mass is 10.2. The van der Waals surface area contributed by atoms with Crippen LogP contribution in [0.5, 0.6) is 5.88 Å². The van der Waals surface area contributed by atoms with Crippen molar-refractivity contribution in [1.82, 2.24) is 19.9 Å². The van der Waals surface area contributed by atoms with Crippen molar-refractivity contribution in [3.05, 3.63) is 40.9 Å². The van der Waals surface area contributed by atoms with Gasteiger partial charge in [-0.3, -0.25) is 0 Å². The summed E-state index contributed by atoms with van der Waals surface area (Å²) in [5.74, 6) is 1.91. The molecule has 3 heterocycles. The molecule has 0 saturated carbocycles. The van der Waals surface area contributed by atoms with E-state index in [1.165, 1.54) is 0 Å². The third-order valence-electron chi connectivity index (χ3n) is 3.99. The molecular weight excluding hydrogens is 426 g/mol. The third kappa shape index (κ3) is 5.79. The first-order valence-corrected chi connectivity index (χ1v) is 9.89. The summed E-state index contributed by atoms with van der Waals surface area (Å²) < 4.78 is 12.0. The van der Waals surface area contributed by atoms with E-state index in [0.717, 1.165) is 10.3 Å². The molecule has 1 saturated heterocycles. The van der Waals surface area contributed by atoms with Crippen LogP contribution in [0, 0.1) is 0 Å². The number of amides is 1. The highest BCUT2D eigenvalue weighted by Gasteiger charge is 2.26. The van der Waals surface area contributed by atoms with Gasteiger partial charge in [0.2, 0.25) is 5.88 Å². The Balaban J connectivity index is 1.54. The fourth-order valence-corrected chi connectivity index (χ4v) is 2.86. The molecule has 3 rings (SSSR count). The lowest BCUT2D eigenvalue weighted by Gasteiger charge is -2.36. The van der Waals surface area contributed by atoms with Crippen molar-refractivity contribution in [3.63, 3.8) is 0 Å². The number of aromatic nitrogens is 3. The summed E-state index contributed by atoms with van der Waals surface area (Å²) in [6.45, 7) is 8.41. The Morgan fingerprint density at radius 3 is 2.46 bits per heavy atom. The van der Waals surface area contributed by atoms with E-state index in [1.807, 2.05) is 32.9 Å². The summed E-state index contributed by atoms with van der Waals surface area (Å²) in [5, 5.41) is 0. The molecule has 2 aromatic rings. The van der Waals surface area contributed by atoms with Crippen molar-refractivity contribution in [2.45, 2.75) is 33.0 Å². The number of pyridine rings is 1. The maximum absolute atomic E-state index is 12.2. The number of nitrogens with zero attached hydrogens (tertiary/aromatic N) is 5. The molecule has 0 N–H and O–H groups in total. The van der Waals surface area contributed by atoms with Gasteiger partial charge in [0, 0.05) is 44.6 Å². The first kappa shape index (κ1) is 20.3. The van der Waals surface area contributed by atoms with Crippen LogP contribution in [0.3, 0.4) is 0 Å². The number of hydrogen-bond acceptors (Lipinski definition) is 7. The predicted molar refractivity (Wildman–Crippen MR) is 108 cm³/mol. The van der Waals surface area contributed by atoms with E-state index < -0.39 is 5.60 Å². The Morgan fingerprint density at radius 1 is 1.14 bits per heavy atom. The molecule has 8 nitrogen and oxygen atoms in total. The third-order valence-corrected chi connectivity index (χ3v) is 4.40. The molecule has 1 fully saturated rings. The maximum atomic E-state index is 12.2. The van der Waals surface area contributed by atoms with Crippen LogP contribution in [0.4, 0.5) is 10.6 Å². The summed E-state index contributed by atoms with van der Waals surface area (Å²) >= 11 is 3.31. The number of piperazine rings is 1. The monoisotopic (exact) mass is 449 g/mol. The summed E-state index contributed by atoms with van der Waals surface area (Å²) in [7, 11) is 0. The molecule has 0 bridgehead atoms. The second-order valence-electron chi connectivity index (χ2n) is 7.39. The van der Waals surface area contributed by atoms with E-state index in [-0.39, 0.29) is 12.7 Å². The second kappa shape index (κ2) is 8.72. The predicted octanol–water partition coefficient (Wildman–Crippen LogP) is 3.27. The van der Waals surface area contributed by atoms with Crippen LogP contribution in [0.2, 0.25) is 0 Å². The molecule has 0 spiro atoms. The number of anilines is 1. The SMILES string of the molecule is CC(C)(C)OC(=O)N1CCN(c2cccc(OCc3ncc(Br)cn3)n2)CC1. The highest BCUT2D eigenvalue weighted by Crippen LogP contribution is 2.19. The van der Waals surface area contributed by atoms with Gasteiger partial charge in [0.15, 0.2) is 5.82 Å². The zero-order valence-electron chi connectivity index (χ0n) is 16.3. The summed E-state index contributed by atoms with van der Waals surface area (Å²) in [6.07, 6.45) is 3.09. The number of ether oxygens (including phenoxy) is 2. The van der Waals surface area contributed by atoms with E-state index in [0.29, 0.717) is 37.9 Å². The lowest BCUT2D eigenvalue weighted by molar-refractivity contribution is 0.0240. The molecule has 2 aromatic heterocycles. The normalized spacial score (nSPS) is 14.7. The minimum absolute atomic E-state index is 0.246. The van der Waals surface area contributed by atoms with Gasteiger partial charge in [0.1, 0.15) is 18.0 Å². The number of hydrogen-bond donors (Lipinski definition) is 0. The van der Waals surface area contributed by atoms with E-state index in [4.69, 9.17) is 9.47 Å². The Morgan fingerprint density at radius 2 is 1.82 bits per heavy atom. The van der Waals surface area contributed by atoms with Crippen molar-refractivity contribution < 1.29 is 14.3 Å². The van der Waals surface area contributed by atoms with Gasteiger partial charge < -0.3 is 19.3 Å². The van der Waals surface area contributed by atoms with E-state index in [1.54, 1.807) is 23.4 Å². The molecule has 9 heteroatoms. The van der Waals surface area contributed by atoms with E-state index in [2.05, 4.69) is 35.8 Å². The Hall–Kier alpha value is -2.42. The van der Waals surface area contributed by atoms with Crippen LogP contribution in [0.1, 0.15) is 26.6 Å². The zero-order chi connectivity index (χ0) is 20.1. The summed E-state index contributed by atoms with van der Waals surface area (Å²) in [6, 6.07) is 5.64. The first-order valence-electron chi connectivity index (χ1n) is 9.09. The van der Waals surface area contributed by atoms with Gasteiger partial charge in [-0.15, -0.1) is 0 Å². The summed E-state index contributed by atoms with van der Waals surface area (Å²) in [5.41, 5.74) is -0.486. The number of halogens is 1. The fourth-order valence-electron chi connectivity index (χ4n) is 2.66. The molecule has 0 radical (unpaired) electrons. The fraction of sp³-hybridized carbons (Fsp3) is 0.474. The first-order chi connectivity index (χ1) is 13.3. The molecule has 28 heavy (non-hydrogen) atoms. The molecular formula is C19H24BrN5O3. The van der Waals surface area contributed by atoms with Gasteiger partial charge in [-0.25, -0.2) is 14.8 Å². The topological polar surface area (TPSA) is 80.7 Å². The average molecular weight is 450 g/mol. The Labute approximate surface area is 173 Å². The van der Waals surface area contributed by atoms with Crippen LogP contribution in [-0.2, 0) is 11.3 Å². The van der Waals surface area contributed by atoms with Crippen molar-refractivity contribution in [2.75, 3.05) is 31.1 Å². The van der Waals surface area contributed by atoms with Gasteiger partial charge in [-0.05, 0) is 42.8 Å². The van der Waals surface area contributed by atoms with Gasteiger partial charge >= 0.3 is 6.09 Å². The van der Waals surface area contributed by atoms with Crippen LogP contribution in [-0.4, -0.2) is 57.7 Å². The average Bonchev–Trinajstić information content (AvgIpc) is 2.67. The number of carbonyl (C=O) groups is 1. The van der Waals surface area contributed by atoms with Crippen LogP contribution in [0.15, 0.2) is 35.1 Å². The van der Waals surface area contributed by atoms with Crippen molar-refractivity contribution in [2.24, 2.45) is 0 Å². The van der Waals surface area contributed by atoms with Crippen molar-refractivity contribution in [3.8, 4) is 5.88 Å². The van der Waals surface area contributed by atoms with Gasteiger partial charge in [-0.1, -0.05) is 6.07 Å². The molecule has 1 amide bonds. The van der Waals surface area contributed by atoms with Crippen molar-refractivity contribution >= 4 is 27.8 Å². The second-order valence-corrected chi connectivity index (χ2v) is 8.31. The van der Waals surface area contributed by atoms with Crippen LogP contribution < -0.4 is 9.64 Å². The highest BCUT2D eigenvalue weighted by atomic mass is 79.9. The molecule has 0 unspecified atom stereocenters. The molecule has 0 atom stereocenters. The number of rotatable bonds is 4. The number of carbonyl (C=O) groups excluding carboxylic acids is 1. The largest absolute Gasteiger partial charge is 0.469 e. The van der Waals surface area contributed by atoms with Gasteiger partial charge in [0.25, 0.3) is 0 Å². The molecule has 150 valence electrons. The van der Waals surface area contributed by atoms with Crippen LogP contribution in [0.25, 0.3) is 0 Å². The molecule has 1 aliphatic heterocycles. The smallest absolute Gasteiger partial charge is 0.410 e. The summed E-state index contributed by atoms with van der Waals surface area (Å²) in [4.78, 5) is 29.0. The molecule has 0 aliphatic carbocycles. The molecule has 1 aliphatic rings. The van der Waals surface area contributed by atoms with Gasteiger partial charge in [0.05, 0.1) is 4.47 Å². The van der Waals surface area contributed by atoms with Gasteiger partial charge in [-0.2, -0.15) is 4.98 Å². The minimum Gasteiger partial charge on any atom is -0.469 e. The zero-order valence-corrected chi connectivity index (χ0v) is 17.8. The lowest BCUT2D eigenvalue weighted by Crippen LogP contribution is -2.50. The Bertz CT molecular complexity index is 802. The quantitative estimate of drug-likeness (QED) is 0.707.